The number of hydrogen-bond acceptors (Lipinski definition) is 2. The van der Waals surface area contributed by atoms with E-state index in [-0.39, 0.29) is 18.0 Å². The van der Waals surface area contributed by atoms with Crippen LogP contribution in [0.5, 0.6) is 0 Å². The molecule has 23 heavy (non-hydrogen) atoms. The second-order valence-electron chi connectivity index (χ2n) is 6.38. The lowest BCUT2D eigenvalue weighted by molar-refractivity contribution is -0.121. The van der Waals surface area contributed by atoms with Crippen LogP contribution in [0.15, 0.2) is 33.7 Å². The van der Waals surface area contributed by atoms with Gasteiger partial charge in [0.2, 0.25) is 5.91 Å². The Morgan fingerprint density at radius 1 is 1.26 bits per heavy atom. The molecule has 0 heterocycles. The van der Waals surface area contributed by atoms with E-state index in [0.29, 0.717) is 5.96 Å². The second-order valence-corrected chi connectivity index (χ2v) is 7.30. The summed E-state index contributed by atoms with van der Waals surface area (Å²) in [6, 6.07) is 8.32. The molecule has 0 aliphatic heterocycles. The number of carbonyl (C=O) groups excluding carboxylic acids is 1. The summed E-state index contributed by atoms with van der Waals surface area (Å²) in [5.41, 5.74) is 1.08. The van der Waals surface area contributed by atoms with Crippen molar-refractivity contribution in [2.45, 2.75) is 39.2 Å². The number of amides is 1. The molecule has 0 bridgehead atoms. The zero-order valence-corrected chi connectivity index (χ0v) is 16.0. The monoisotopic (exact) mass is 382 g/mol. The summed E-state index contributed by atoms with van der Waals surface area (Å²) in [6.45, 7) is 6.88. The Hall–Kier alpha value is -1.56. The molecule has 0 aliphatic carbocycles. The summed E-state index contributed by atoms with van der Waals surface area (Å²) < 4.78 is 1.10. The third-order valence-electron chi connectivity index (χ3n) is 2.98. The van der Waals surface area contributed by atoms with Crippen LogP contribution in [-0.4, -0.2) is 37.5 Å². The molecule has 1 rings (SSSR count). The Balaban J connectivity index is 2.25. The topological polar surface area (TPSA) is 65.5 Å². The van der Waals surface area contributed by atoms with E-state index in [9.17, 15) is 4.79 Å². The van der Waals surface area contributed by atoms with Crippen molar-refractivity contribution in [3.05, 3.63) is 34.3 Å². The molecular weight excluding hydrogens is 356 g/mol. The van der Waals surface area contributed by atoms with Crippen LogP contribution in [0.25, 0.3) is 0 Å². The van der Waals surface area contributed by atoms with Gasteiger partial charge in [-0.1, -0.05) is 28.1 Å². The Labute approximate surface area is 147 Å². The number of nitrogens with one attached hydrogen (secondary N) is 3. The predicted molar refractivity (Wildman–Crippen MR) is 99.7 cm³/mol. The summed E-state index contributed by atoms with van der Waals surface area (Å²) in [5.74, 6) is 0.595. The fraction of sp³-hybridized carbons (Fsp3) is 0.529. The van der Waals surface area contributed by atoms with Crippen LogP contribution in [-0.2, 0) is 11.2 Å². The van der Waals surface area contributed by atoms with Crippen molar-refractivity contribution in [2.75, 3.05) is 20.1 Å². The number of aliphatic imine (C=N–C) groups is 1. The van der Waals surface area contributed by atoms with E-state index in [1.165, 1.54) is 5.56 Å². The minimum atomic E-state index is -0.223. The van der Waals surface area contributed by atoms with Crippen LogP contribution in [0.1, 0.15) is 32.8 Å². The maximum atomic E-state index is 11.8. The molecule has 5 nitrogen and oxygen atoms in total. The molecular formula is C17H27BrN4O. The highest BCUT2D eigenvalue weighted by atomic mass is 79.9. The maximum absolute atomic E-state index is 11.8. The minimum absolute atomic E-state index is 0.0467. The van der Waals surface area contributed by atoms with Crippen LogP contribution < -0.4 is 16.0 Å². The van der Waals surface area contributed by atoms with Crippen molar-refractivity contribution in [3.63, 3.8) is 0 Å². The van der Waals surface area contributed by atoms with E-state index in [4.69, 9.17) is 0 Å². The van der Waals surface area contributed by atoms with Crippen molar-refractivity contribution in [1.29, 1.82) is 0 Å². The molecule has 1 amide bonds. The lowest BCUT2D eigenvalue weighted by Gasteiger charge is -2.21. The van der Waals surface area contributed by atoms with Gasteiger partial charge in [-0.25, -0.2) is 0 Å². The number of rotatable bonds is 6. The van der Waals surface area contributed by atoms with E-state index in [0.717, 1.165) is 23.9 Å². The third kappa shape index (κ3) is 9.23. The van der Waals surface area contributed by atoms with E-state index in [1.807, 2.05) is 32.9 Å². The SMILES string of the molecule is CN=C(NCCCc1cccc(Br)c1)NCC(=O)NC(C)(C)C. The predicted octanol–water partition coefficient (Wildman–Crippen LogP) is 2.46. The molecule has 0 saturated heterocycles. The lowest BCUT2D eigenvalue weighted by Crippen LogP contribution is -2.48. The van der Waals surface area contributed by atoms with Gasteiger partial charge in [0.15, 0.2) is 5.96 Å². The Kier molecular flexibility index (Phi) is 8.09. The van der Waals surface area contributed by atoms with Crippen LogP contribution in [0, 0.1) is 0 Å². The third-order valence-corrected chi connectivity index (χ3v) is 3.47. The second kappa shape index (κ2) is 9.55. The molecule has 0 spiro atoms. The molecule has 0 unspecified atom stereocenters. The number of benzene rings is 1. The fourth-order valence-corrected chi connectivity index (χ4v) is 2.49. The highest BCUT2D eigenvalue weighted by Crippen LogP contribution is 2.12. The number of aryl methyl sites for hydroxylation is 1. The van der Waals surface area contributed by atoms with E-state index >= 15 is 0 Å². The van der Waals surface area contributed by atoms with Crippen LogP contribution >= 0.6 is 15.9 Å². The quantitative estimate of drug-likeness (QED) is 0.402. The van der Waals surface area contributed by atoms with Crippen molar-refractivity contribution in [1.82, 2.24) is 16.0 Å². The molecule has 3 N–H and O–H groups in total. The summed E-state index contributed by atoms with van der Waals surface area (Å²) in [5, 5.41) is 9.14. The van der Waals surface area contributed by atoms with Gasteiger partial charge in [0.05, 0.1) is 6.54 Å². The number of hydrogen-bond donors (Lipinski definition) is 3. The van der Waals surface area contributed by atoms with Gasteiger partial charge in [-0.3, -0.25) is 9.79 Å². The largest absolute Gasteiger partial charge is 0.356 e. The molecule has 1 aromatic rings. The van der Waals surface area contributed by atoms with Crippen LogP contribution in [0.4, 0.5) is 0 Å². The highest BCUT2D eigenvalue weighted by molar-refractivity contribution is 9.10. The van der Waals surface area contributed by atoms with E-state index in [2.05, 4.69) is 49.0 Å². The average molecular weight is 383 g/mol. The number of carbonyl (C=O) groups is 1. The molecule has 0 radical (unpaired) electrons. The van der Waals surface area contributed by atoms with Crippen LogP contribution in [0.3, 0.4) is 0 Å². The average Bonchev–Trinajstić information content (AvgIpc) is 2.45. The maximum Gasteiger partial charge on any atom is 0.239 e. The van der Waals surface area contributed by atoms with Gasteiger partial charge < -0.3 is 16.0 Å². The molecule has 6 heteroatoms. The zero-order valence-electron chi connectivity index (χ0n) is 14.4. The molecule has 0 aliphatic rings. The fourth-order valence-electron chi connectivity index (χ4n) is 2.04. The highest BCUT2D eigenvalue weighted by Gasteiger charge is 2.13. The number of halogens is 1. The summed E-state index contributed by atoms with van der Waals surface area (Å²) in [6.07, 6.45) is 1.99. The molecule has 0 fully saturated rings. The van der Waals surface area contributed by atoms with Gasteiger partial charge in [-0.05, 0) is 51.3 Å². The first-order chi connectivity index (χ1) is 10.8. The van der Waals surface area contributed by atoms with E-state index < -0.39 is 0 Å². The molecule has 1 aromatic carbocycles. The van der Waals surface area contributed by atoms with Gasteiger partial charge in [0, 0.05) is 23.6 Å². The molecule has 128 valence electrons. The van der Waals surface area contributed by atoms with Gasteiger partial charge in [-0.15, -0.1) is 0 Å². The lowest BCUT2D eigenvalue weighted by atomic mass is 10.1. The zero-order chi connectivity index (χ0) is 17.3. The number of guanidine groups is 1. The van der Waals surface area contributed by atoms with Gasteiger partial charge >= 0.3 is 0 Å². The number of nitrogens with zero attached hydrogens (tertiary/aromatic N) is 1. The van der Waals surface area contributed by atoms with Gasteiger partial charge in [0.25, 0.3) is 0 Å². The van der Waals surface area contributed by atoms with Crippen molar-refractivity contribution < 1.29 is 4.79 Å². The summed E-state index contributed by atoms with van der Waals surface area (Å²) >= 11 is 3.48. The molecule has 0 atom stereocenters. The minimum Gasteiger partial charge on any atom is -0.356 e. The molecule has 0 saturated carbocycles. The Morgan fingerprint density at radius 3 is 2.61 bits per heavy atom. The normalized spacial score (nSPS) is 12.0. The first-order valence-corrected chi connectivity index (χ1v) is 8.59. The van der Waals surface area contributed by atoms with Gasteiger partial charge in [0.1, 0.15) is 0 Å². The van der Waals surface area contributed by atoms with Gasteiger partial charge in [-0.2, -0.15) is 0 Å². The Bertz CT molecular complexity index is 538. The van der Waals surface area contributed by atoms with E-state index in [1.54, 1.807) is 7.05 Å². The van der Waals surface area contributed by atoms with Crippen molar-refractivity contribution >= 4 is 27.8 Å². The van der Waals surface area contributed by atoms with Crippen molar-refractivity contribution in [2.24, 2.45) is 4.99 Å². The van der Waals surface area contributed by atoms with Crippen LogP contribution in [0.2, 0.25) is 0 Å². The first-order valence-electron chi connectivity index (χ1n) is 7.80. The van der Waals surface area contributed by atoms with Crippen molar-refractivity contribution in [3.8, 4) is 0 Å². The summed E-state index contributed by atoms with van der Waals surface area (Å²) in [7, 11) is 1.70. The smallest absolute Gasteiger partial charge is 0.239 e. The Morgan fingerprint density at radius 2 is 2.00 bits per heavy atom. The standard InChI is InChI=1S/C17H27BrN4O/c1-17(2,3)22-15(23)12-21-16(19-4)20-10-6-8-13-7-5-9-14(18)11-13/h5,7,9,11H,6,8,10,12H2,1-4H3,(H,22,23)(H2,19,20,21). The first kappa shape index (κ1) is 19.5. The summed E-state index contributed by atoms with van der Waals surface area (Å²) in [4.78, 5) is 15.9. The molecule has 0 aromatic heterocycles.